The van der Waals surface area contributed by atoms with Crippen LogP contribution < -0.4 is 16.0 Å². The van der Waals surface area contributed by atoms with E-state index in [4.69, 9.17) is 16.3 Å². The van der Waals surface area contributed by atoms with Crippen molar-refractivity contribution in [2.75, 3.05) is 33.7 Å². The second-order valence-electron chi connectivity index (χ2n) is 9.42. The molecule has 2 aliphatic rings. The van der Waals surface area contributed by atoms with Gasteiger partial charge in [0.25, 0.3) is 0 Å². The smallest absolute Gasteiger partial charge is 0.407 e. The molecule has 3 atom stereocenters. The van der Waals surface area contributed by atoms with Gasteiger partial charge in [-0.05, 0) is 49.9 Å². The molecule has 3 rings (SSSR count). The maximum Gasteiger partial charge on any atom is 0.407 e. The maximum atomic E-state index is 13.2. The van der Waals surface area contributed by atoms with Crippen LogP contribution in [0.15, 0.2) is 24.3 Å². The largest absolute Gasteiger partial charge is 0.441 e. The zero-order valence-electron chi connectivity index (χ0n) is 19.9. The van der Waals surface area contributed by atoms with E-state index in [-0.39, 0.29) is 18.0 Å². The predicted molar refractivity (Wildman–Crippen MR) is 131 cm³/mol. The number of hydrogen-bond donors (Lipinski definition) is 3. The van der Waals surface area contributed by atoms with Crippen LogP contribution in [0.2, 0.25) is 5.02 Å². The Balaban J connectivity index is 1.65. The minimum Gasteiger partial charge on any atom is -0.441 e. The first-order valence-electron chi connectivity index (χ1n) is 12.3. The topological polar surface area (TPSA) is 82.7 Å². The molecule has 8 heteroatoms. The lowest BCUT2D eigenvalue weighted by Gasteiger charge is -2.37. The Morgan fingerprint density at radius 2 is 1.94 bits per heavy atom. The van der Waals surface area contributed by atoms with Crippen molar-refractivity contribution in [1.82, 2.24) is 20.9 Å². The first kappa shape index (κ1) is 25.6. The summed E-state index contributed by atoms with van der Waals surface area (Å²) in [5, 5.41) is 9.65. The molecule has 0 bridgehead atoms. The van der Waals surface area contributed by atoms with Gasteiger partial charge in [0.15, 0.2) is 0 Å². The monoisotopic (exact) mass is 478 g/mol. The van der Waals surface area contributed by atoms with Gasteiger partial charge >= 0.3 is 12.1 Å². The molecule has 1 aliphatic heterocycles. The number of piperidine rings is 1. The van der Waals surface area contributed by atoms with Crippen LogP contribution in [0.3, 0.4) is 0 Å². The molecule has 0 aromatic heterocycles. The van der Waals surface area contributed by atoms with E-state index < -0.39 is 12.2 Å². The summed E-state index contributed by atoms with van der Waals surface area (Å²) in [6.45, 7) is 2.01. The molecule has 0 spiro atoms. The lowest BCUT2D eigenvalue weighted by Crippen LogP contribution is -2.52. The molecule has 3 amide bonds. The summed E-state index contributed by atoms with van der Waals surface area (Å²) in [6.07, 6.45) is 8.28. The van der Waals surface area contributed by atoms with Crippen molar-refractivity contribution in [3.8, 4) is 0 Å². The minimum absolute atomic E-state index is 0.00126. The normalized spacial score (nSPS) is 21.2. The third-order valence-corrected chi connectivity index (χ3v) is 7.14. The van der Waals surface area contributed by atoms with Crippen molar-refractivity contribution in [2.24, 2.45) is 11.8 Å². The van der Waals surface area contributed by atoms with Gasteiger partial charge in [-0.2, -0.15) is 0 Å². The first-order chi connectivity index (χ1) is 16.0. The highest BCUT2D eigenvalue weighted by atomic mass is 35.5. The van der Waals surface area contributed by atoms with Crippen molar-refractivity contribution in [2.45, 2.75) is 63.5 Å². The third-order valence-electron chi connectivity index (χ3n) is 6.91. The van der Waals surface area contributed by atoms with Crippen molar-refractivity contribution in [3.05, 3.63) is 34.9 Å². The molecule has 2 fully saturated rings. The first-order valence-corrected chi connectivity index (χ1v) is 12.7. The summed E-state index contributed by atoms with van der Waals surface area (Å²) in [4.78, 5) is 27.2. The summed E-state index contributed by atoms with van der Waals surface area (Å²) in [5.41, 5.74) is 0.851. The number of nitrogens with one attached hydrogen (secondary N) is 3. The fourth-order valence-corrected chi connectivity index (χ4v) is 5.47. The number of carbonyl (C=O) groups is 2. The van der Waals surface area contributed by atoms with Gasteiger partial charge < -0.3 is 25.6 Å². The highest BCUT2D eigenvalue weighted by molar-refractivity contribution is 6.30. The number of carbonyl (C=O) groups excluding carboxylic acids is 2. The summed E-state index contributed by atoms with van der Waals surface area (Å²) >= 11 is 6.21. The van der Waals surface area contributed by atoms with Crippen LogP contribution in [0.4, 0.5) is 9.59 Å². The molecule has 0 radical (unpaired) electrons. The number of urea groups is 1. The number of hydrogen-bond acceptors (Lipinski definition) is 4. The van der Waals surface area contributed by atoms with E-state index >= 15 is 0 Å². The van der Waals surface area contributed by atoms with Gasteiger partial charge in [0, 0.05) is 43.7 Å². The van der Waals surface area contributed by atoms with Crippen LogP contribution in [-0.4, -0.2) is 56.8 Å². The lowest BCUT2D eigenvalue weighted by atomic mass is 9.85. The fraction of sp³-hybridized carbons (Fsp3) is 0.680. The Morgan fingerprint density at radius 3 is 2.64 bits per heavy atom. The third kappa shape index (κ3) is 7.78. The summed E-state index contributed by atoms with van der Waals surface area (Å²) in [5.74, 6) is 0.695. The second-order valence-corrected chi connectivity index (χ2v) is 9.86. The number of rotatable bonds is 8. The number of benzene rings is 1. The Hall–Kier alpha value is -1.99. The summed E-state index contributed by atoms with van der Waals surface area (Å²) in [6, 6.07) is 7.51. The number of likely N-dealkylation sites (N-methyl/N-ethyl adjacent to an activating group) is 1. The van der Waals surface area contributed by atoms with Crippen LogP contribution in [0.1, 0.15) is 63.0 Å². The average molecular weight is 479 g/mol. The zero-order valence-corrected chi connectivity index (χ0v) is 20.7. The van der Waals surface area contributed by atoms with Gasteiger partial charge in [-0.1, -0.05) is 55.8 Å². The molecular weight excluding hydrogens is 440 g/mol. The Kier molecular flexibility index (Phi) is 10.1. The highest BCUT2D eigenvalue weighted by Gasteiger charge is 2.33. The van der Waals surface area contributed by atoms with Crippen LogP contribution in [0, 0.1) is 11.8 Å². The van der Waals surface area contributed by atoms with Crippen LogP contribution in [0.5, 0.6) is 0 Å². The van der Waals surface area contributed by atoms with Crippen LogP contribution in [0.25, 0.3) is 0 Å². The van der Waals surface area contributed by atoms with E-state index in [1.807, 2.05) is 30.1 Å². The standard InChI is InChI=1S/C25H39ClN4O3/c1-27-16-22(14-18-8-4-3-5-9-18)29-24(31)30-13-7-11-20(17-30)23(33-25(32)28-2)19-10-6-12-21(26)15-19/h6,10,12,15,18,20,22-23,27H,3-5,7-9,11,13-14,16-17H2,1-2H3,(H,28,32)(H,29,31)/t20-,22+,23?/m1/s1. The molecule has 1 unspecified atom stereocenters. The zero-order chi connectivity index (χ0) is 23.6. The maximum absolute atomic E-state index is 13.2. The van der Waals surface area contributed by atoms with Gasteiger partial charge in [0.2, 0.25) is 0 Å². The number of halogens is 1. The molecule has 1 saturated heterocycles. The number of nitrogens with zero attached hydrogens (tertiary/aromatic N) is 1. The van der Waals surface area contributed by atoms with Crippen LogP contribution >= 0.6 is 11.6 Å². The molecule has 3 N–H and O–H groups in total. The fourth-order valence-electron chi connectivity index (χ4n) is 5.27. The van der Waals surface area contributed by atoms with Gasteiger partial charge in [-0.25, -0.2) is 9.59 Å². The van der Waals surface area contributed by atoms with Crippen molar-refractivity contribution >= 4 is 23.7 Å². The van der Waals surface area contributed by atoms with E-state index in [2.05, 4.69) is 16.0 Å². The van der Waals surface area contributed by atoms with E-state index in [0.29, 0.717) is 24.0 Å². The predicted octanol–water partition coefficient (Wildman–Crippen LogP) is 4.72. The average Bonchev–Trinajstić information content (AvgIpc) is 2.83. The molecule has 1 aromatic rings. The van der Waals surface area contributed by atoms with Crippen LogP contribution in [-0.2, 0) is 4.74 Å². The Labute approximate surface area is 203 Å². The molecular formula is C25H39ClN4O3. The van der Waals surface area contributed by atoms with Gasteiger partial charge in [-0.15, -0.1) is 0 Å². The van der Waals surface area contributed by atoms with Gasteiger partial charge in [0.05, 0.1) is 0 Å². The summed E-state index contributed by atoms with van der Waals surface area (Å²) in [7, 11) is 3.48. The highest BCUT2D eigenvalue weighted by Crippen LogP contribution is 2.34. The molecule has 1 aliphatic carbocycles. The lowest BCUT2D eigenvalue weighted by molar-refractivity contribution is 0.0352. The summed E-state index contributed by atoms with van der Waals surface area (Å²) < 4.78 is 5.75. The number of likely N-dealkylation sites (tertiary alicyclic amines) is 1. The molecule has 33 heavy (non-hydrogen) atoms. The van der Waals surface area contributed by atoms with Gasteiger partial charge in [0.1, 0.15) is 6.10 Å². The number of amides is 3. The van der Waals surface area contributed by atoms with Crippen molar-refractivity contribution in [1.29, 1.82) is 0 Å². The van der Waals surface area contributed by atoms with E-state index in [1.54, 1.807) is 13.1 Å². The SMILES string of the molecule is CNC[C@H](CC1CCCCC1)NC(=O)N1CCC[C@@H](C(OC(=O)NC)c2cccc(Cl)c2)C1. The number of ether oxygens (including phenoxy) is 1. The van der Waals surface area contributed by atoms with Gasteiger partial charge in [-0.3, -0.25) is 0 Å². The molecule has 184 valence electrons. The Morgan fingerprint density at radius 1 is 1.15 bits per heavy atom. The molecule has 1 heterocycles. The van der Waals surface area contributed by atoms with E-state index in [1.165, 1.54) is 32.1 Å². The van der Waals surface area contributed by atoms with E-state index in [0.717, 1.165) is 31.4 Å². The van der Waals surface area contributed by atoms with Crippen molar-refractivity contribution in [3.63, 3.8) is 0 Å². The molecule has 7 nitrogen and oxygen atoms in total. The van der Waals surface area contributed by atoms with E-state index in [9.17, 15) is 9.59 Å². The molecule has 1 saturated carbocycles. The second kappa shape index (κ2) is 13.0. The molecule has 1 aromatic carbocycles. The number of alkyl carbamates (subject to hydrolysis) is 1. The quantitative estimate of drug-likeness (QED) is 0.505. The Bertz CT molecular complexity index is 772. The van der Waals surface area contributed by atoms with Crippen molar-refractivity contribution < 1.29 is 14.3 Å². The minimum atomic E-state index is -0.483.